The predicted molar refractivity (Wildman–Crippen MR) is 48.6 cm³/mol. The second-order valence-corrected chi connectivity index (χ2v) is 3.76. The Hall–Kier alpha value is -0.630. The van der Waals surface area contributed by atoms with Gasteiger partial charge in [0, 0.05) is 31.8 Å². The van der Waals surface area contributed by atoms with Gasteiger partial charge in [0.25, 0.3) is 0 Å². The lowest BCUT2D eigenvalue weighted by Crippen LogP contribution is -2.45. The van der Waals surface area contributed by atoms with Crippen molar-refractivity contribution >= 4 is 5.87 Å². The molecule has 12 heavy (non-hydrogen) atoms. The first-order valence-corrected chi connectivity index (χ1v) is 4.51. The van der Waals surface area contributed by atoms with Gasteiger partial charge in [0.15, 0.2) is 5.87 Å². The first kappa shape index (κ1) is 7.99. The van der Waals surface area contributed by atoms with Crippen molar-refractivity contribution in [2.75, 3.05) is 26.8 Å². The van der Waals surface area contributed by atoms with E-state index in [4.69, 9.17) is 0 Å². The quantitative estimate of drug-likeness (QED) is 0.440. The van der Waals surface area contributed by atoms with Crippen molar-refractivity contribution in [1.29, 1.82) is 0 Å². The van der Waals surface area contributed by atoms with Crippen LogP contribution in [0.3, 0.4) is 0 Å². The molecule has 2 rings (SSSR count). The molecule has 2 fully saturated rings. The highest BCUT2D eigenvalue weighted by Gasteiger charge is 2.38. The van der Waals surface area contributed by atoms with Crippen LogP contribution in [0.4, 0.5) is 0 Å². The lowest BCUT2D eigenvalue weighted by Gasteiger charge is -2.23. The average molecular weight is 166 g/mol. The summed E-state index contributed by atoms with van der Waals surface area (Å²) in [5, 5.41) is 3.48. The molecule has 2 heterocycles. The Bertz CT molecular complexity index is 230. The summed E-state index contributed by atoms with van der Waals surface area (Å²) < 4.78 is 2.01. The minimum absolute atomic E-state index is 0.744. The molecule has 3 heteroatoms. The molecule has 2 aliphatic heterocycles. The molecule has 0 aromatic rings. The van der Waals surface area contributed by atoms with Gasteiger partial charge in [0.05, 0.1) is 0 Å². The van der Waals surface area contributed by atoms with Gasteiger partial charge in [-0.15, -0.1) is 0 Å². The summed E-state index contributed by atoms with van der Waals surface area (Å²) in [4.78, 5) is 2.50. The third-order valence-electron chi connectivity index (χ3n) is 2.83. The number of hydrogen-bond acceptors (Lipinski definition) is 2. The van der Waals surface area contributed by atoms with Crippen molar-refractivity contribution < 1.29 is 4.58 Å². The van der Waals surface area contributed by atoms with Crippen LogP contribution in [0.25, 0.3) is 0 Å². The van der Waals surface area contributed by atoms with Crippen molar-refractivity contribution in [2.45, 2.75) is 18.5 Å². The van der Waals surface area contributed by atoms with Gasteiger partial charge in [-0.25, -0.2) is 4.90 Å². The van der Waals surface area contributed by atoms with Crippen LogP contribution >= 0.6 is 0 Å². The van der Waals surface area contributed by atoms with Crippen LogP contribution in [0.5, 0.6) is 0 Å². The number of likely N-dealkylation sites (tertiary alicyclic amines) is 1. The van der Waals surface area contributed by atoms with Crippen molar-refractivity contribution in [3.63, 3.8) is 0 Å². The van der Waals surface area contributed by atoms with Gasteiger partial charge in [-0.2, -0.15) is 4.58 Å². The third-order valence-corrected chi connectivity index (χ3v) is 2.83. The molecule has 0 aromatic heterocycles. The zero-order valence-electron chi connectivity index (χ0n) is 7.58. The average Bonchev–Trinajstić information content (AvgIpc) is 2.64. The standard InChI is InChI=1S/C9H16N3/c1-3-11(2)7-12-6-8-4-9(12)5-10-8/h8-10H,1,4-7H2,2H3/q+1. The Morgan fingerprint density at radius 3 is 3.08 bits per heavy atom. The minimum atomic E-state index is 0.744. The van der Waals surface area contributed by atoms with Crippen LogP contribution in [0, 0.1) is 0 Å². The molecular formula is C9H16N3+. The molecule has 2 atom stereocenters. The topological polar surface area (TPSA) is 18.3 Å². The lowest BCUT2D eigenvalue weighted by atomic mass is 10.2. The van der Waals surface area contributed by atoms with Gasteiger partial charge in [-0.05, 0) is 6.42 Å². The minimum Gasteiger partial charge on any atom is -0.311 e. The molecule has 0 aromatic carbocycles. The fourth-order valence-electron chi connectivity index (χ4n) is 2.14. The number of hydrogen-bond donors (Lipinski definition) is 1. The van der Waals surface area contributed by atoms with Gasteiger partial charge in [0.2, 0.25) is 6.67 Å². The SMILES string of the molecule is C=C=[N+](C)CN1CC2CC1CN2. The molecule has 2 saturated heterocycles. The summed E-state index contributed by atoms with van der Waals surface area (Å²) in [6, 6.07) is 1.50. The van der Waals surface area contributed by atoms with E-state index in [-0.39, 0.29) is 0 Å². The van der Waals surface area contributed by atoms with E-state index >= 15 is 0 Å². The van der Waals surface area contributed by atoms with Crippen molar-refractivity contribution in [3.05, 3.63) is 6.58 Å². The van der Waals surface area contributed by atoms with Crippen molar-refractivity contribution in [2.24, 2.45) is 0 Å². The van der Waals surface area contributed by atoms with E-state index in [0.717, 1.165) is 25.3 Å². The van der Waals surface area contributed by atoms with E-state index in [9.17, 15) is 0 Å². The molecule has 3 nitrogen and oxygen atoms in total. The zero-order chi connectivity index (χ0) is 8.55. The molecule has 2 bridgehead atoms. The molecule has 2 aliphatic rings. The molecule has 0 spiro atoms. The number of rotatable bonds is 2. The Morgan fingerprint density at radius 2 is 2.58 bits per heavy atom. The summed E-state index contributed by atoms with van der Waals surface area (Å²) >= 11 is 0. The molecule has 0 aliphatic carbocycles. The van der Waals surface area contributed by atoms with Crippen molar-refractivity contribution in [3.8, 4) is 0 Å². The highest BCUT2D eigenvalue weighted by atomic mass is 15.3. The maximum Gasteiger partial charge on any atom is 0.208 e. The number of piperazine rings is 1. The van der Waals surface area contributed by atoms with Crippen LogP contribution in [0.15, 0.2) is 6.58 Å². The number of fused-ring (bicyclic) bond motifs is 2. The molecule has 0 radical (unpaired) electrons. The maximum atomic E-state index is 3.62. The Kier molecular flexibility index (Phi) is 2.01. The van der Waals surface area contributed by atoms with E-state index < -0.39 is 0 Å². The Morgan fingerprint density at radius 1 is 1.75 bits per heavy atom. The second kappa shape index (κ2) is 3.02. The van der Waals surface area contributed by atoms with Crippen LogP contribution in [0.2, 0.25) is 0 Å². The van der Waals surface area contributed by atoms with Gasteiger partial charge in [0.1, 0.15) is 7.05 Å². The van der Waals surface area contributed by atoms with Crippen LogP contribution in [-0.4, -0.2) is 54.2 Å². The van der Waals surface area contributed by atoms with Gasteiger partial charge in [-0.3, -0.25) is 0 Å². The third kappa shape index (κ3) is 1.31. The highest BCUT2D eigenvalue weighted by molar-refractivity contribution is 5.39. The van der Waals surface area contributed by atoms with Gasteiger partial charge < -0.3 is 5.32 Å². The fraction of sp³-hybridized carbons (Fsp3) is 0.778. The van der Waals surface area contributed by atoms with Gasteiger partial charge >= 0.3 is 0 Å². The number of nitrogens with one attached hydrogen (secondary N) is 1. The first-order valence-electron chi connectivity index (χ1n) is 4.51. The van der Waals surface area contributed by atoms with E-state index in [0.29, 0.717) is 0 Å². The lowest BCUT2D eigenvalue weighted by molar-refractivity contribution is -0.514. The van der Waals surface area contributed by atoms with E-state index in [1.54, 1.807) is 0 Å². The van der Waals surface area contributed by atoms with E-state index in [1.165, 1.54) is 13.0 Å². The fourth-order valence-corrected chi connectivity index (χ4v) is 2.14. The van der Waals surface area contributed by atoms with Crippen LogP contribution < -0.4 is 5.32 Å². The summed E-state index contributed by atoms with van der Waals surface area (Å²) in [6.45, 7) is 6.96. The normalized spacial score (nSPS) is 33.8. The summed E-state index contributed by atoms with van der Waals surface area (Å²) in [6.07, 6.45) is 1.32. The molecule has 0 saturated carbocycles. The molecule has 2 unspecified atom stereocenters. The molecular weight excluding hydrogens is 150 g/mol. The highest BCUT2D eigenvalue weighted by Crippen LogP contribution is 2.22. The smallest absolute Gasteiger partial charge is 0.208 e. The van der Waals surface area contributed by atoms with Crippen molar-refractivity contribution in [1.82, 2.24) is 10.2 Å². The van der Waals surface area contributed by atoms with Gasteiger partial charge in [-0.1, -0.05) is 0 Å². The summed E-state index contributed by atoms with van der Waals surface area (Å²) in [7, 11) is 2.02. The zero-order valence-corrected chi connectivity index (χ0v) is 7.58. The maximum absolute atomic E-state index is 3.62. The van der Waals surface area contributed by atoms with E-state index in [1.807, 2.05) is 11.6 Å². The second-order valence-electron chi connectivity index (χ2n) is 3.76. The number of nitrogens with zero attached hydrogens (tertiary/aromatic N) is 2. The van der Waals surface area contributed by atoms with E-state index in [2.05, 4.69) is 22.7 Å². The first-order chi connectivity index (χ1) is 5.79. The van der Waals surface area contributed by atoms with Crippen LogP contribution in [-0.2, 0) is 0 Å². The largest absolute Gasteiger partial charge is 0.311 e. The van der Waals surface area contributed by atoms with Crippen LogP contribution in [0.1, 0.15) is 6.42 Å². The molecule has 1 N–H and O–H groups in total. The summed E-state index contributed by atoms with van der Waals surface area (Å²) in [5.74, 6) is 2.87. The molecule has 0 amide bonds. The summed E-state index contributed by atoms with van der Waals surface area (Å²) in [5.41, 5.74) is 0. The Labute approximate surface area is 73.4 Å². The Balaban J connectivity index is 1.95. The molecule has 66 valence electrons. The predicted octanol–water partition coefficient (Wildman–Crippen LogP) is -0.512. The monoisotopic (exact) mass is 166 g/mol.